The molecule has 1 N–H and O–H groups in total. The highest BCUT2D eigenvalue weighted by Crippen LogP contribution is 2.46. The molecule has 0 aromatic heterocycles. The van der Waals surface area contributed by atoms with Gasteiger partial charge < -0.3 is 14.4 Å². The molecule has 0 aliphatic carbocycles. The summed E-state index contributed by atoms with van der Waals surface area (Å²) in [6.45, 7) is 4.35. The lowest BCUT2D eigenvalue weighted by Gasteiger charge is -2.23. The molecule has 0 unspecified atom stereocenters. The number of hydrazone groups is 1. The lowest BCUT2D eigenvalue weighted by molar-refractivity contribution is 0.0954. The van der Waals surface area contributed by atoms with Crippen LogP contribution in [0.2, 0.25) is 0 Å². The minimum absolute atomic E-state index is 0.137. The van der Waals surface area contributed by atoms with E-state index in [2.05, 4.69) is 41.4 Å². The maximum atomic E-state index is 12.4. The zero-order chi connectivity index (χ0) is 20.3. The Kier molecular flexibility index (Phi) is 5.40. The zero-order valence-corrected chi connectivity index (χ0v) is 16.8. The van der Waals surface area contributed by atoms with Crippen molar-refractivity contribution in [1.29, 1.82) is 0 Å². The monoisotopic (exact) mass is 379 g/mol. The number of carbonyl (C=O) groups excluding carboxylic acids is 1. The number of anilines is 1. The summed E-state index contributed by atoms with van der Waals surface area (Å²) in [6.07, 6.45) is 3.53. The van der Waals surface area contributed by atoms with Crippen molar-refractivity contribution in [2.24, 2.45) is 5.10 Å². The van der Waals surface area contributed by atoms with Crippen molar-refractivity contribution in [3.05, 3.63) is 65.4 Å². The Bertz CT molecular complexity index is 926. The van der Waals surface area contributed by atoms with Crippen molar-refractivity contribution in [1.82, 2.24) is 5.43 Å². The Labute approximate surface area is 165 Å². The van der Waals surface area contributed by atoms with Gasteiger partial charge in [-0.2, -0.15) is 5.10 Å². The van der Waals surface area contributed by atoms with E-state index in [4.69, 9.17) is 9.47 Å². The molecule has 0 atom stereocenters. The van der Waals surface area contributed by atoms with Gasteiger partial charge in [-0.05, 0) is 29.8 Å². The number of allylic oxidation sites excluding steroid dienone is 2. The number of amides is 1. The van der Waals surface area contributed by atoms with E-state index in [9.17, 15) is 4.79 Å². The molecule has 3 rings (SSSR count). The first-order valence-corrected chi connectivity index (χ1v) is 8.99. The van der Waals surface area contributed by atoms with Crippen molar-refractivity contribution >= 4 is 17.8 Å². The molecule has 0 saturated heterocycles. The van der Waals surface area contributed by atoms with Crippen molar-refractivity contribution in [3.63, 3.8) is 0 Å². The number of nitrogens with one attached hydrogen (secondary N) is 1. The molecular formula is C22H25N3O3. The number of carbonyl (C=O) groups is 1. The molecule has 6 nitrogen and oxygen atoms in total. The highest BCUT2D eigenvalue weighted by atomic mass is 16.5. The maximum absolute atomic E-state index is 12.4. The van der Waals surface area contributed by atoms with Gasteiger partial charge in [-0.15, -0.1) is 0 Å². The minimum atomic E-state index is -0.339. The van der Waals surface area contributed by atoms with Crippen molar-refractivity contribution in [2.45, 2.75) is 19.3 Å². The molecule has 1 aliphatic heterocycles. The van der Waals surface area contributed by atoms with Gasteiger partial charge in [-0.25, -0.2) is 5.43 Å². The van der Waals surface area contributed by atoms with Gasteiger partial charge in [0.05, 0.1) is 14.2 Å². The quantitative estimate of drug-likeness (QED) is 0.635. The Balaban J connectivity index is 1.74. The third-order valence-corrected chi connectivity index (χ3v) is 5.03. The van der Waals surface area contributed by atoms with E-state index in [-0.39, 0.29) is 11.3 Å². The summed E-state index contributed by atoms with van der Waals surface area (Å²) >= 11 is 0. The second-order valence-electron chi connectivity index (χ2n) is 7.07. The maximum Gasteiger partial charge on any atom is 0.271 e. The largest absolute Gasteiger partial charge is 0.497 e. The van der Waals surface area contributed by atoms with E-state index < -0.39 is 0 Å². The first kappa shape index (κ1) is 19.5. The van der Waals surface area contributed by atoms with Gasteiger partial charge in [0, 0.05) is 41.7 Å². The highest BCUT2D eigenvalue weighted by molar-refractivity contribution is 5.95. The molecule has 6 heteroatoms. The molecule has 0 saturated carbocycles. The van der Waals surface area contributed by atoms with E-state index in [1.54, 1.807) is 38.6 Å². The molecule has 146 valence electrons. The van der Waals surface area contributed by atoms with E-state index in [0.717, 1.165) is 5.70 Å². The van der Waals surface area contributed by atoms with Crippen LogP contribution in [0.4, 0.5) is 5.69 Å². The van der Waals surface area contributed by atoms with Crippen molar-refractivity contribution < 1.29 is 14.3 Å². The second kappa shape index (κ2) is 7.76. The summed E-state index contributed by atoms with van der Waals surface area (Å²) in [5.74, 6) is 0.750. The van der Waals surface area contributed by atoms with Crippen LogP contribution in [0.3, 0.4) is 0 Å². The number of likely N-dealkylation sites (N-methyl/N-ethyl adjacent to an activating group) is 1. The van der Waals surface area contributed by atoms with Gasteiger partial charge >= 0.3 is 0 Å². The minimum Gasteiger partial charge on any atom is -0.497 e. The number of fused-ring (bicyclic) bond motifs is 1. The smallest absolute Gasteiger partial charge is 0.271 e. The first-order valence-electron chi connectivity index (χ1n) is 8.99. The van der Waals surface area contributed by atoms with Gasteiger partial charge in [0.25, 0.3) is 5.91 Å². The topological polar surface area (TPSA) is 63.2 Å². The first-order chi connectivity index (χ1) is 13.4. The van der Waals surface area contributed by atoms with Crippen LogP contribution in [0.5, 0.6) is 11.5 Å². The number of ether oxygens (including phenoxy) is 2. The molecule has 0 fully saturated rings. The molecular weight excluding hydrogens is 354 g/mol. The lowest BCUT2D eigenvalue weighted by atomic mass is 9.84. The molecule has 0 spiro atoms. The number of para-hydroxylation sites is 1. The zero-order valence-electron chi connectivity index (χ0n) is 16.8. The van der Waals surface area contributed by atoms with E-state index in [0.29, 0.717) is 17.1 Å². The van der Waals surface area contributed by atoms with Gasteiger partial charge in [0.15, 0.2) is 0 Å². The third-order valence-electron chi connectivity index (χ3n) is 5.03. The summed E-state index contributed by atoms with van der Waals surface area (Å²) in [6, 6.07) is 13.3. The molecule has 2 aromatic carbocycles. The molecule has 1 amide bonds. The number of benzene rings is 2. The van der Waals surface area contributed by atoms with E-state index in [1.807, 2.05) is 25.3 Å². The Morgan fingerprint density at radius 1 is 1.11 bits per heavy atom. The van der Waals surface area contributed by atoms with Crippen LogP contribution < -0.4 is 19.8 Å². The van der Waals surface area contributed by atoms with Crippen LogP contribution in [0.15, 0.2) is 59.3 Å². The fourth-order valence-corrected chi connectivity index (χ4v) is 3.51. The lowest BCUT2D eigenvalue weighted by Crippen LogP contribution is -2.23. The molecule has 28 heavy (non-hydrogen) atoms. The van der Waals surface area contributed by atoms with Crippen molar-refractivity contribution in [3.8, 4) is 11.5 Å². The molecule has 1 heterocycles. The van der Waals surface area contributed by atoms with Crippen LogP contribution in [0, 0.1) is 0 Å². The van der Waals surface area contributed by atoms with Crippen LogP contribution in [-0.2, 0) is 5.41 Å². The normalized spacial score (nSPS) is 16.3. The Morgan fingerprint density at radius 2 is 1.75 bits per heavy atom. The Hall–Kier alpha value is -3.28. The van der Waals surface area contributed by atoms with Crippen LogP contribution in [-0.4, -0.2) is 33.4 Å². The average molecular weight is 379 g/mol. The fraction of sp³-hybridized carbons (Fsp3) is 0.273. The molecule has 0 radical (unpaired) electrons. The fourth-order valence-electron chi connectivity index (χ4n) is 3.51. The third kappa shape index (κ3) is 3.58. The molecule has 1 aliphatic rings. The highest BCUT2D eigenvalue weighted by Gasteiger charge is 2.37. The number of nitrogens with zero attached hydrogens (tertiary/aromatic N) is 2. The number of methoxy groups -OCH3 is 2. The predicted molar refractivity (Wildman–Crippen MR) is 111 cm³/mol. The van der Waals surface area contributed by atoms with Gasteiger partial charge in [0.2, 0.25) is 0 Å². The van der Waals surface area contributed by atoms with Crippen LogP contribution in [0.25, 0.3) is 0 Å². The Morgan fingerprint density at radius 3 is 2.36 bits per heavy atom. The second-order valence-corrected chi connectivity index (χ2v) is 7.07. The summed E-state index contributed by atoms with van der Waals surface area (Å²) in [4.78, 5) is 14.5. The van der Waals surface area contributed by atoms with Crippen LogP contribution in [0.1, 0.15) is 29.8 Å². The van der Waals surface area contributed by atoms with E-state index in [1.165, 1.54) is 11.3 Å². The SMILES string of the molecule is COc1cc(OC)cc(C(=O)N/N=C\C=C2\N(C)c3ccccc3C2(C)C)c1. The summed E-state index contributed by atoms with van der Waals surface area (Å²) in [5, 5.41) is 4.08. The number of hydrogen-bond acceptors (Lipinski definition) is 5. The van der Waals surface area contributed by atoms with Gasteiger partial charge in [0.1, 0.15) is 11.5 Å². The summed E-state index contributed by atoms with van der Waals surface area (Å²) in [7, 11) is 5.12. The predicted octanol–water partition coefficient (Wildman–Crippen LogP) is 3.73. The summed E-state index contributed by atoms with van der Waals surface area (Å²) in [5.41, 5.74) is 6.37. The number of hydrogen-bond donors (Lipinski definition) is 1. The standard InChI is InChI=1S/C22H25N3O3/c1-22(2)18-8-6-7-9-19(18)25(3)20(22)10-11-23-24-21(26)15-12-16(27-4)14-17(13-15)28-5/h6-14H,1-5H3,(H,24,26)/b20-10+,23-11-. The van der Waals surface area contributed by atoms with Crippen molar-refractivity contribution in [2.75, 3.05) is 26.2 Å². The van der Waals surface area contributed by atoms with E-state index >= 15 is 0 Å². The summed E-state index contributed by atoms with van der Waals surface area (Å²) < 4.78 is 10.4. The molecule has 2 aromatic rings. The average Bonchev–Trinajstić information content (AvgIpc) is 2.90. The molecule has 0 bridgehead atoms. The van der Waals surface area contributed by atoms with Gasteiger partial charge in [-0.3, -0.25) is 4.79 Å². The number of rotatable bonds is 5. The van der Waals surface area contributed by atoms with Gasteiger partial charge in [-0.1, -0.05) is 32.0 Å². The van der Waals surface area contributed by atoms with Crippen LogP contribution >= 0.6 is 0 Å².